The minimum absolute atomic E-state index is 0.140. The van der Waals surface area contributed by atoms with Gasteiger partial charge in [-0.3, -0.25) is 4.79 Å². The molecule has 0 radical (unpaired) electrons. The van der Waals surface area contributed by atoms with Crippen molar-refractivity contribution in [1.82, 2.24) is 9.88 Å². The lowest BCUT2D eigenvalue weighted by atomic mass is 10.0. The molecule has 1 aromatic heterocycles. The zero-order chi connectivity index (χ0) is 9.42. The second kappa shape index (κ2) is 2.99. The summed E-state index contributed by atoms with van der Waals surface area (Å²) in [6.45, 7) is 3.18. The van der Waals surface area contributed by atoms with E-state index in [9.17, 15) is 4.79 Å². The maximum Gasteiger partial charge on any atom is 0.219 e. The lowest BCUT2D eigenvalue weighted by Crippen LogP contribution is -2.47. The average Bonchev–Trinajstić information content (AvgIpc) is 2.31. The van der Waals surface area contributed by atoms with Crippen LogP contribution >= 0.6 is 11.3 Å². The predicted octanol–water partition coefficient (Wildman–Crippen LogP) is 0.671. The normalized spacial score (nSPS) is 17.2. The smallest absolute Gasteiger partial charge is 0.219 e. The largest absolute Gasteiger partial charge is 0.383 e. The van der Waals surface area contributed by atoms with Crippen LogP contribution < -0.4 is 5.73 Å². The number of rotatable bonds is 1. The molecule has 1 aromatic rings. The van der Waals surface area contributed by atoms with Crippen molar-refractivity contribution in [3.63, 3.8) is 0 Å². The van der Waals surface area contributed by atoms with E-state index in [1.54, 1.807) is 18.3 Å². The van der Waals surface area contributed by atoms with E-state index in [0.717, 1.165) is 18.1 Å². The van der Waals surface area contributed by atoms with Crippen LogP contribution in [-0.2, 0) is 4.79 Å². The van der Waals surface area contributed by atoms with E-state index in [-0.39, 0.29) is 5.91 Å². The molecule has 13 heavy (non-hydrogen) atoms. The Morgan fingerprint density at radius 1 is 1.77 bits per heavy atom. The summed E-state index contributed by atoms with van der Waals surface area (Å²) in [6.07, 6.45) is 0. The Hall–Kier alpha value is -1.10. The van der Waals surface area contributed by atoms with Gasteiger partial charge in [-0.25, -0.2) is 4.98 Å². The fraction of sp³-hybridized carbons (Fsp3) is 0.500. The predicted molar refractivity (Wildman–Crippen MR) is 51.5 cm³/mol. The van der Waals surface area contributed by atoms with Crippen LogP contribution in [0.3, 0.4) is 0 Å². The van der Waals surface area contributed by atoms with Crippen molar-refractivity contribution in [1.29, 1.82) is 0 Å². The molecular weight excluding hydrogens is 186 g/mol. The van der Waals surface area contributed by atoms with Crippen molar-refractivity contribution in [2.24, 2.45) is 0 Å². The van der Waals surface area contributed by atoms with Crippen molar-refractivity contribution < 1.29 is 4.79 Å². The maximum absolute atomic E-state index is 10.9. The summed E-state index contributed by atoms with van der Waals surface area (Å²) in [5.74, 6) is 1.13. The number of amides is 1. The molecule has 4 nitrogen and oxygen atoms in total. The first-order valence-electron chi connectivity index (χ1n) is 4.13. The Labute approximate surface area is 80.4 Å². The van der Waals surface area contributed by atoms with Crippen LogP contribution in [0.2, 0.25) is 0 Å². The minimum atomic E-state index is 0.140. The van der Waals surface area contributed by atoms with Gasteiger partial charge in [0.1, 0.15) is 10.8 Å². The van der Waals surface area contributed by atoms with Gasteiger partial charge in [-0.2, -0.15) is 0 Å². The summed E-state index contributed by atoms with van der Waals surface area (Å²) >= 11 is 1.57. The molecule has 0 unspecified atom stereocenters. The molecule has 70 valence electrons. The molecule has 5 heteroatoms. The van der Waals surface area contributed by atoms with Gasteiger partial charge in [-0.1, -0.05) is 0 Å². The molecule has 2 rings (SSSR count). The summed E-state index contributed by atoms with van der Waals surface area (Å²) in [5.41, 5.74) is 5.51. The number of hydrogen-bond donors (Lipinski definition) is 1. The van der Waals surface area contributed by atoms with Gasteiger partial charge in [0.25, 0.3) is 0 Å². The molecule has 0 aliphatic carbocycles. The third-order valence-corrected chi connectivity index (χ3v) is 3.24. The summed E-state index contributed by atoms with van der Waals surface area (Å²) < 4.78 is 0. The van der Waals surface area contributed by atoms with Crippen molar-refractivity contribution in [3.05, 3.63) is 10.4 Å². The van der Waals surface area contributed by atoms with Gasteiger partial charge < -0.3 is 10.6 Å². The van der Waals surface area contributed by atoms with E-state index in [1.807, 2.05) is 10.3 Å². The van der Waals surface area contributed by atoms with E-state index >= 15 is 0 Å². The van der Waals surface area contributed by atoms with Gasteiger partial charge in [-0.05, 0) is 0 Å². The SMILES string of the molecule is CC(=O)N1CC(c2nc(N)cs2)C1. The van der Waals surface area contributed by atoms with E-state index in [0.29, 0.717) is 11.7 Å². The second-order valence-electron chi connectivity index (χ2n) is 3.23. The molecule has 1 fully saturated rings. The van der Waals surface area contributed by atoms with E-state index < -0.39 is 0 Å². The van der Waals surface area contributed by atoms with Gasteiger partial charge in [0.05, 0.1) is 0 Å². The number of nitrogens with two attached hydrogens (primary N) is 1. The zero-order valence-corrected chi connectivity index (χ0v) is 8.17. The summed E-state index contributed by atoms with van der Waals surface area (Å²) in [4.78, 5) is 16.9. The number of anilines is 1. The van der Waals surface area contributed by atoms with Crippen LogP contribution in [0.25, 0.3) is 0 Å². The number of carbonyl (C=O) groups excluding carboxylic acids is 1. The lowest BCUT2D eigenvalue weighted by molar-refractivity contribution is -0.133. The first-order chi connectivity index (χ1) is 6.16. The number of carbonyl (C=O) groups is 1. The van der Waals surface area contributed by atoms with Gasteiger partial charge in [0, 0.05) is 31.3 Å². The van der Waals surface area contributed by atoms with Crippen LogP contribution in [-0.4, -0.2) is 28.9 Å². The Balaban J connectivity index is 1.97. The van der Waals surface area contributed by atoms with Crippen molar-refractivity contribution in [3.8, 4) is 0 Å². The quantitative estimate of drug-likeness (QED) is 0.720. The molecule has 2 N–H and O–H groups in total. The van der Waals surface area contributed by atoms with Crippen molar-refractivity contribution in [2.45, 2.75) is 12.8 Å². The minimum Gasteiger partial charge on any atom is -0.383 e. The van der Waals surface area contributed by atoms with Crippen LogP contribution in [0.4, 0.5) is 5.82 Å². The number of aromatic nitrogens is 1. The fourth-order valence-corrected chi connectivity index (χ4v) is 2.17. The monoisotopic (exact) mass is 197 g/mol. The van der Waals surface area contributed by atoms with Crippen LogP contribution in [0, 0.1) is 0 Å². The molecule has 0 aromatic carbocycles. The summed E-state index contributed by atoms with van der Waals surface area (Å²) in [5, 5.41) is 2.89. The van der Waals surface area contributed by atoms with Gasteiger partial charge in [0.15, 0.2) is 0 Å². The first-order valence-corrected chi connectivity index (χ1v) is 5.01. The van der Waals surface area contributed by atoms with Gasteiger partial charge in [-0.15, -0.1) is 11.3 Å². The van der Waals surface area contributed by atoms with E-state index in [4.69, 9.17) is 5.73 Å². The molecule has 0 bridgehead atoms. The maximum atomic E-state index is 10.9. The molecule has 0 spiro atoms. The third-order valence-electron chi connectivity index (χ3n) is 2.22. The highest BCUT2D eigenvalue weighted by atomic mass is 32.1. The highest BCUT2D eigenvalue weighted by Gasteiger charge is 2.31. The Morgan fingerprint density at radius 2 is 2.46 bits per heavy atom. The second-order valence-corrected chi connectivity index (χ2v) is 4.12. The molecule has 2 heterocycles. The van der Waals surface area contributed by atoms with E-state index in [1.165, 1.54) is 0 Å². The fourth-order valence-electron chi connectivity index (χ4n) is 1.38. The first kappa shape index (κ1) is 8.50. The summed E-state index contributed by atoms with van der Waals surface area (Å²) in [6, 6.07) is 0. The van der Waals surface area contributed by atoms with Crippen molar-refractivity contribution in [2.75, 3.05) is 18.8 Å². The number of nitrogens with zero attached hydrogens (tertiary/aromatic N) is 2. The molecule has 1 aliphatic rings. The number of nitrogen functional groups attached to an aromatic ring is 1. The Kier molecular flexibility index (Phi) is 1.95. The number of likely N-dealkylation sites (tertiary alicyclic amines) is 1. The molecule has 1 saturated heterocycles. The number of hydrogen-bond acceptors (Lipinski definition) is 4. The highest BCUT2D eigenvalue weighted by Crippen LogP contribution is 2.29. The third kappa shape index (κ3) is 1.51. The zero-order valence-electron chi connectivity index (χ0n) is 7.36. The molecular formula is C8H11N3OS. The highest BCUT2D eigenvalue weighted by molar-refractivity contribution is 7.10. The van der Waals surface area contributed by atoms with Gasteiger partial charge in [0.2, 0.25) is 5.91 Å². The molecule has 0 saturated carbocycles. The number of thiazole rings is 1. The molecule has 1 amide bonds. The molecule has 1 aliphatic heterocycles. The van der Waals surface area contributed by atoms with Crippen LogP contribution in [0.1, 0.15) is 17.8 Å². The Bertz CT molecular complexity index is 330. The topological polar surface area (TPSA) is 59.2 Å². The standard InChI is InChI=1S/C8H11N3OS/c1-5(12)11-2-6(3-11)8-10-7(9)4-13-8/h4,6H,2-3,9H2,1H3. The van der Waals surface area contributed by atoms with E-state index in [2.05, 4.69) is 4.98 Å². The van der Waals surface area contributed by atoms with Crippen molar-refractivity contribution >= 4 is 23.1 Å². The van der Waals surface area contributed by atoms with Crippen LogP contribution in [0.5, 0.6) is 0 Å². The van der Waals surface area contributed by atoms with Gasteiger partial charge >= 0.3 is 0 Å². The van der Waals surface area contributed by atoms with Crippen LogP contribution in [0.15, 0.2) is 5.38 Å². The average molecular weight is 197 g/mol. The lowest BCUT2D eigenvalue weighted by Gasteiger charge is -2.37. The summed E-state index contributed by atoms with van der Waals surface area (Å²) in [7, 11) is 0. The Morgan fingerprint density at radius 3 is 2.92 bits per heavy atom. The molecule has 0 atom stereocenters.